The van der Waals surface area contributed by atoms with Crippen LogP contribution in [0.25, 0.3) is 0 Å². The molecule has 80 valence electrons. The van der Waals surface area contributed by atoms with Crippen LogP contribution >= 0.6 is 0 Å². The molecule has 0 atom stereocenters. The third-order valence-electron chi connectivity index (χ3n) is 3.23. The Labute approximate surface area is 83.7 Å². The normalized spacial score (nSPS) is 12.5. The molecule has 0 rings (SSSR count). The zero-order valence-corrected chi connectivity index (χ0v) is 9.98. The zero-order chi connectivity index (χ0) is 10.3. The quantitative estimate of drug-likeness (QED) is 0.615. The Bertz CT molecular complexity index is 119. The maximum atomic E-state index is 3.18. The minimum atomic E-state index is 0.520. The Balaban J connectivity index is 4.19. The van der Waals surface area contributed by atoms with E-state index >= 15 is 0 Å². The minimum absolute atomic E-state index is 0.520. The molecule has 1 N–H and O–H groups in total. The highest BCUT2D eigenvalue weighted by Crippen LogP contribution is 2.32. The maximum Gasteiger partial charge on any atom is 0.0184 e. The van der Waals surface area contributed by atoms with E-state index < -0.39 is 0 Å². The molecule has 0 heterocycles. The number of rotatable bonds is 7. The first kappa shape index (κ1) is 12.9. The summed E-state index contributed by atoms with van der Waals surface area (Å²) in [5.74, 6) is 0. The van der Waals surface area contributed by atoms with Crippen LogP contribution in [0, 0.1) is 5.41 Å². The van der Waals surface area contributed by atoms with E-state index in [0.717, 1.165) is 6.54 Å². The van der Waals surface area contributed by atoms with Gasteiger partial charge in [-0.15, -0.1) is 0 Å². The molecule has 0 saturated heterocycles. The molecule has 2 nitrogen and oxygen atoms in total. The maximum absolute atomic E-state index is 3.18. The lowest BCUT2D eigenvalue weighted by atomic mass is 9.78. The van der Waals surface area contributed by atoms with Gasteiger partial charge in [-0.25, -0.2) is 5.01 Å². The summed E-state index contributed by atoms with van der Waals surface area (Å²) in [7, 11) is 4.11. The Morgan fingerprint density at radius 2 is 1.69 bits per heavy atom. The standard InChI is InChI=1S/C11H26N2/c1-6-9-11(7-2,8-3)10-13(5)12-4/h12H,6-10H2,1-5H3. The van der Waals surface area contributed by atoms with Gasteiger partial charge in [0.1, 0.15) is 0 Å². The summed E-state index contributed by atoms with van der Waals surface area (Å²) in [6.45, 7) is 8.05. The van der Waals surface area contributed by atoms with Crippen LogP contribution in [0.4, 0.5) is 0 Å². The van der Waals surface area contributed by atoms with Crippen molar-refractivity contribution in [3.05, 3.63) is 0 Å². The first-order valence-electron chi connectivity index (χ1n) is 5.52. The molecule has 0 saturated carbocycles. The van der Waals surface area contributed by atoms with Crippen molar-refractivity contribution >= 4 is 0 Å². The summed E-state index contributed by atoms with van der Waals surface area (Å²) in [5.41, 5.74) is 3.70. The first-order chi connectivity index (χ1) is 6.14. The van der Waals surface area contributed by atoms with Gasteiger partial charge in [-0.2, -0.15) is 0 Å². The molecule has 0 aromatic heterocycles. The van der Waals surface area contributed by atoms with Gasteiger partial charge in [0.05, 0.1) is 0 Å². The molecule has 0 spiro atoms. The molecular formula is C11H26N2. The molecule has 0 aliphatic carbocycles. The molecule has 0 amide bonds. The Hall–Kier alpha value is -0.0800. The van der Waals surface area contributed by atoms with Gasteiger partial charge in [0, 0.05) is 13.6 Å². The van der Waals surface area contributed by atoms with Crippen molar-refractivity contribution in [2.45, 2.75) is 46.5 Å². The van der Waals surface area contributed by atoms with Crippen molar-refractivity contribution in [3.63, 3.8) is 0 Å². The topological polar surface area (TPSA) is 15.3 Å². The Morgan fingerprint density at radius 3 is 2.00 bits per heavy atom. The van der Waals surface area contributed by atoms with Crippen LogP contribution in [0.1, 0.15) is 46.5 Å². The highest BCUT2D eigenvalue weighted by molar-refractivity contribution is 4.78. The van der Waals surface area contributed by atoms with E-state index in [0.29, 0.717) is 5.41 Å². The molecule has 0 aliphatic rings. The van der Waals surface area contributed by atoms with Crippen LogP contribution in [0.2, 0.25) is 0 Å². The number of nitrogens with one attached hydrogen (secondary N) is 1. The lowest BCUT2D eigenvalue weighted by Crippen LogP contribution is -2.41. The zero-order valence-electron chi connectivity index (χ0n) is 9.98. The third-order valence-corrected chi connectivity index (χ3v) is 3.23. The molecule has 0 bridgehead atoms. The van der Waals surface area contributed by atoms with E-state index in [4.69, 9.17) is 0 Å². The second-order valence-corrected chi connectivity index (χ2v) is 4.04. The monoisotopic (exact) mass is 186 g/mol. The van der Waals surface area contributed by atoms with Gasteiger partial charge in [0.25, 0.3) is 0 Å². The molecule has 0 aliphatic heterocycles. The molecular weight excluding hydrogens is 160 g/mol. The van der Waals surface area contributed by atoms with Crippen LogP contribution in [-0.4, -0.2) is 25.6 Å². The molecule has 0 aromatic carbocycles. The molecule has 13 heavy (non-hydrogen) atoms. The van der Waals surface area contributed by atoms with Gasteiger partial charge in [-0.3, -0.25) is 5.43 Å². The Kier molecular flexibility index (Phi) is 6.35. The largest absolute Gasteiger partial charge is 0.259 e. The van der Waals surface area contributed by atoms with Crippen molar-refractivity contribution in [1.82, 2.24) is 10.4 Å². The van der Waals surface area contributed by atoms with E-state index in [-0.39, 0.29) is 0 Å². The predicted molar refractivity (Wildman–Crippen MR) is 59.6 cm³/mol. The van der Waals surface area contributed by atoms with Crippen molar-refractivity contribution in [1.29, 1.82) is 0 Å². The van der Waals surface area contributed by atoms with E-state index in [1.165, 1.54) is 25.7 Å². The van der Waals surface area contributed by atoms with Gasteiger partial charge in [0.2, 0.25) is 0 Å². The Morgan fingerprint density at radius 1 is 1.15 bits per heavy atom. The van der Waals surface area contributed by atoms with Gasteiger partial charge in [-0.1, -0.05) is 27.2 Å². The van der Waals surface area contributed by atoms with Gasteiger partial charge in [-0.05, 0) is 31.7 Å². The number of hydrogen-bond acceptors (Lipinski definition) is 2. The minimum Gasteiger partial charge on any atom is -0.259 e. The summed E-state index contributed by atoms with van der Waals surface area (Å²) in [5, 5.41) is 2.20. The van der Waals surface area contributed by atoms with E-state index in [1.807, 2.05) is 7.05 Å². The summed E-state index contributed by atoms with van der Waals surface area (Å²) in [4.78, 5) is 0. The van der Waals surface area contributed by atoms with Gasteiger partial charge < -0.3 is 0 Å². The third kappa shape index (κ3) is 4.10. The first-order valence-corrected chi connectivity index (χ1v) is 5.52. The molecule has 0 fully saturated rings. The average molecular weight is 186 g/mol. The van der Waals surface area contributed by atoms with E-state index in [2.05, 4.69) is 38.3 Å². The SMILES string of the molecule is CCCC(CC)(CC)CN(C)NC. The number of nitrogens with zero attached hydrogens (tertiary/aromatic N) is 1. The number of hydrogen-bond donors (Lipinski definition) is 1. The number of hydrazine groups is 1. The van der Waals surface area contributed by atoms with Crippen molar-refractivity contribution in [2.24, 2.45) is 5.41 Å². The summed E-state index contributed by atoms with van der Waals surface area (Å²) >= 11 is 0. The summed E-state index contributed by atoms with van der Waals surface area (Å²) < 4.78 is 0. The van der Waals surface area contributed by atoms with Crippen molar-refractivity contribution < 1.29 is 0 Å². The fourth-order valence-electron chi connectivity index (χ4n) is 2.02. The molecule has 0 unspecified atom stereocenters. The lowest BCUT2D eigenvalue weighted by molar-refractivity contribution is 0.117. The molecule has 2 heteroatoms. The second-order valence-electron chi connectivity index (χ2n) is 4.04. The fraction of sp³-hybridized carbons (Fsp3) is 1.00. The lowest BCUT2D eigenvalue weighted by Gasteiger charge is -2.35. The smallest absolute Gasteiger partial charge is 0.0184 e. The van der Waals surface area contributed by atoms with Crippen molar-refractivity contribution in [3.8, 4) is 0 Å². The summed E-state index contributed by atoms with van der Waals surface area (Å²) in [6, 6.07) is 0. The molecule has 0 radical (unpaired) electrons. The summed E-state index contributed by atoms with van der Waals surface area (Å²) in [6.07, 6.45) is 5.19. The van der Waals surface area contributed by atoms with Crippen LogP contribution in [-0.2, 0) is 0 Å². The van der Waals surface area contributed by atoms with E-state index in [9.17, 15) is 0 Å². The highest BCUT2D eigenvalue weighted by atomic mass is 15.5. The predicted octanol–water partition coefficient (Wildman–Crippen LogP) is 2.66. The van der Waals surface area contributed by atoms with Crippen LogP contribution in [0.3, 0.4) is 0 Å². The fourth-order valence-corrected chi connectivity index (χ4v) is 2.02. The highest BCUT2D eigenvalue weighted by Gasteiger charge is 2.26. The van der Waals surface area contributed by atoms with Crippen molar-refractivity contribution in [2.75, 3.05) is 20.6 Å². The van der Waals surface area contributed by atoms with Gasteiger partial charge in [0.15, 0.2) is 0 Å². The van der Waals surface area contributed by atoms with Crippen LogP contribution < -0.4 is 5.43 Å². The van der Waals surface area contributed by atoms with E-state index in [1.54, 1.807) is 0 Å². The molecule has 0 aromatic rings. The van der Waals surface area contributed by atoms with Crippen LogP contribution in [0.15, 0.2) is 0 Å². The van der Waals surface area contributed by atoms with Crippen LogP contribution in [0.5, 0.6) is 0 Å². The average Bonchev–Trinajstić information content (AvgIpc) is 2.17. The van der Waals surface area contributed by atoms with Gasteiger partial charge >= 0.3 is 0 Å². The second kappa shape index (κ2) is 6.39.